The van der Waals surface area contributed by atoms with E-state index in [1.165, 1.54) is 60.2 Å². The van der Waals surface area contributed by atoms with Gasteiger partial charge in [0.2, 0.25) is 0 Å². The van der Waals surface area contributed by atoms with Crippen molar-refractivity contribution in [2.24, 2.45) is 0 Å². The summed E-state index contributed by atoms with van der Waals surface area (Å²) < 4.78 is 2.44. The Hall–Kier alpha value is -5.34. The molecule has 0 unspecified atom stereocenters. The first-order chi connectivity index (χ1) is 20.8. The van der Waals surface area contributed by atoms with E-state index in [1.807, 2.05) is 0 Å². The van der Waals surface area contributed by atoms with Crippen LogP contribution >= 0.6 is 0 Å². The Morgan fingerprint density at radius 3 is 2.10 bits per heavy atom. The van der Waals surface area contributed by atoms with E-state index in [1.54, 1.807) is 0 Å². The molecule has 1 aromatic heterocycles. The van der Waals surface area contributed by atoms with Crippen LogP contribution in [0.4, 0.5) is 17.1 Å². The fourth-order valence-corrected chi connectivity index (χ4v) is 6.60. The fraction of sp³-hybridized carbons (Fsp3) is 0.0500. The van der Waals surface area contributed by atoms with Crippen molar-refractivity contribution in [2.75, 3.05) is 4.90 Å². The molecule has 0 spiro atoms. The second-order valence-electron chi connectivity index (χ2n) is 10.9. The van der Waals surface area contributed by atoms with Crippen molar-refractivity contribution >= 4 is 72.6 Å². The molecule has 0 bridgehead atoms. The molecule has 0 aliphatic carbocycles. The van der Waals surface area contributed by atoms with Gasteiger partial charge in [-0.2, -0.15) is 0 Å². The number of anilines is 3. The van der Waals surface area contributed by atoms with Gasteiger partial charge in [0.05, 0.1) is 5.69 Å². The minimum atomic E-state index is 0.962. The average molecular weight is 539 g/mol. The maximum Gasteiger partial charge on any atom is 0.0540 e. The Kier molecular flexibility index (Phi) is 5.79. The summed E-state index contributed by atoms with van der Waals surface area (Å²) in [6.45, 7) is 3.19. The van der Waals surface area contributed by atoms with Crippen LogP contribution in [-0.2, 0) is 6.54 Å². The lowest BCUT2D eigenvalue weighted by molar-refractivity contribution is 0.827. The predicted octanol–water partition coefficient (Wildman–Crippen LogP) is 11.2. The number of hydrogen-bond acceptors (Lipinski definition) is 1. The predicted molar refractivity (Wildman–Crippen MR) is 181 cm³/mol. The minimum Gasteiger partial charge on any atom is -0.341 e. The van der Waals surface area contributed by atoms with Gasteiger partial charge in [0.25, 0.3) is 0 Å². The zero-order valence-electron chi connectivity index (χ0n) is 23.5. The summed E-state index contributed by atoms with van der Waals surface area (Å²) in [4.78, 5) is 2.35. The van der Waals surface area contributed by atoms with Gasteiger partial charge in [-0.1, -0.05) is 109 Å². The molecule has 1 heterocycles. The van der Waals surface area contributed by atoms with E-state index < -0.39 is 0 Å². The molecule has 7 aromatic carbocycles. The van der Waals surface area contributed by atoms with Crippen molar-refractivity contribution in [3.8, 4) is 0 Å². The Bertz CT molecular complexity index is 2210. The average Bonchev–Trinajstić information content (AvgIpc) is 3.39. The van der Waals surface area contributed by atoms with Crippen LogP contribution in [0.3, 0.4) is 0 Å². The molecule has 0 N–H and O–H groups in total. The number of rotatable bonds is 6. The molecule has 0 aliphatic heterocycles. The highest BCUT2D eigenvalue weighted by molar-refractivity contribution is 6.25. The normalized spacial score (nSPS) is 11.9. The summed E-state index contributed by atoms with van der Waals surface area (Å²) >= 11 is 0. The number of hydrogen-bond donors (Lipinski definition) is 0. The number of aryl methyl sites for hydroxylation is 1. The highest BCUT2D eigenvalue weighted by atomic mass is 15.1. The molecule has 200 valence electrons. The van der Waals surface area contributed by atoms with Crippen molar-refractivity contribution in [2.45, 2.75) is 13.5 Å². The lowest BCUT2D eigenvalue weighted by Gasteiger charge is -2.27. The Labute approximate surface area is 245 Å². The standard InChI is InChI=1S/C40H30N2/c1-2-41-37-17-9-12-31-22-26-35-30(23-27-38(41)40(35)39(31)37)21-18-28-19-24-33(25-20-28)42(32-13-4-3-5-14-32)36-16-8-11-29-10-6-7-15-34(29)36/h3-27H,2H2,1H3/b21-18+. The van der Waals surface area contributed by atoms with Crippen molar-refractivity contribution in [1.29, 1.82) is 0 Å². The quantitative estimate of drug-likeness (QED) is 0.151. The third-order valence-electron chi connectivity index (χ3n) is 8.54. The molecular formula is C40H30N2. The third-order valence-corrected chi connectivity index (χ3v) is 8.54. The first-order valence-corrected chi connectivity index (χ1v) is 14.7. The molecule has 8 rings (SSSR count). The van der Waals surface area contributed by atoms with Gasteiger partial charge in [0.15, 0.2) is 0 Å². The zero-order valence-corrected chi connectivity index (χ0v) is 23.5. The van der Waals surface area contributed by atoms with Crippen LogP contribution in [0.2, 0.25) is 0 Å². The monoisotopic (exact) mass is 538 g/mol. The molecule has 0 amide bonds. The lowest BCUT2D eigenvalue weighted by Crippen LogP contribution is -2.10. The molecule has 2 nitrogen and oxygen atoms in total. The maximum atomic E-state index is 2.44. The van der Waals surface area contributed by atoms with Gasteiger partial charge in [0, 0.05) is 45.1 Å². The van der Waals surface area contributed by atoms with Gasteiger partial charge in [-0.25, -0.2) is 0 Å². The van der Waals surface area contributed by atoms with Crippen molar-refractivity contribution in [3.05, 3.63) is 151 Å². The molecule has 0 saturated carbocycles. The minimum absolute atomic E-state index is 0.962. The van der Waals surface area contributed by atoms with E-state index >= 15 is 0 Å². The molecule has 0 fully saturated rings. The second kappa shape index (κ2) is 9.94. The van der Waals surface area contributed by atoms with Gasteiger partial charge in [-0.05, 0) is 76.7 Å². The summed E-state index contributed by atoms with van der Waals surface area (Å²) in [5, 5.41) is 7.83. The van der Waals surface area contributed by atoms with E-state index in [4.69, 9.17) is 0 Å². The smallest absolute Gasteiger partial charge is 0.0540 e. The number of aromatic nitrogens is 1. The largest absolute Gasteiger partial charge is 0.341 e. The number of fused-ring (bicyclic) bond motifs is 1. The lowest BCUT2D eigenvalue weighted by atomic mass is 9.98. The highest BCUT2D eigenvalue weighted by Crippen LogP contribution is 2.40. The van der Waals surface area contributed by atoms with Gasteiger partial charge >= 0.3 is 0 Å². The Morgan fingerprint density at radius 2 is 1.24 bits per heavy atom. The zero-order chi connectivity index (χ0) is 28.0. The van der Waals surface area contributed by atoms with Crippen molar-refractivity contribution in [3.63, 3.8) is 0 Å². The molecule has 42 heavy (non-hydrogen) atoms. The van der Waals surface area contributed by atoms with Crippen molar-refractivity contribution in [1.82, 2.24) is 4.57 Å². The van der Waals surface area contributed by atoms with Gasteiger partial charge in [0.1, 0.15) is 0 Å². The second-order valence-corrected chi connectivity index (χ2v) is 10.9. The SMILES string of the molecule is CCn1c2cccc3ccc4c(/C=C/c5ccc(N(c6ccccc6)c6cccc7ccccc67)cc5)ccc1c4c32. The first-order valence-electron chi connectivity index (χ1n) is 14.7. The molecule has 0 saturated heterocycles. The molecule has 0 atom stereocenters. The van der Waals surface area contributed by atoms with Crippen molar-refractivity contribution < 1.29 is 0 Å². The molecule has 0 aliphatic rings. The van der Waals surface area contributed by atoms with Crippen LogP contribution in [0, 0.1) is 0 Å². The Morgan fingerprint density at radius 1 is 0.524 bits per heavy atom. The summed E-state index contributed by atoms with van der Waals surface area (Å²) in [5.74, 6) is 0. The van der Waals surface area contributed by atoms with E-state index in [0.29, 0.717) is 0 Å². The van der Waals surface area contributed by atoms with Crippen LogP contribution in [0.5, 0.6) is 0 Å². The number of para-hydroxylation sites is 1. The van der Waals surface area contributed by atoms with E-state index in [0.717, 1.165) is 17.9 Å². The van der Waals surface area contributed by atoms with Crippen LogP contribution in [0.25, 0.3) is 55.5 Å². The summed E-state index contributed by atoms with van der Waals surface area (Å²) in [6, 6.07) is 50.4. The summed E-state index contributed by atoms with van der Waals surface area (Å²) in [5.41, 5.74) is 8.50. The number of benzene rings is 7. The summed E-state index contributed by atoms with van der Waals surface area (Å²) in [6.07, 6.45) is 4.49. The maximum absolute atomic E-state index is 2.44. The number of nitrogens with zero attached hydrogens (tertiary/aromatic N) is 2. The topological polar surface area (TPSA) is 8.17 Å². The summed E-state index contributed by atoms with van der Waals surface area (Å²) in [7, 11) is 0. The van der Waals surface area contributed by atoms with Gasteiger partial charge < -0.3 is 9.47 Å². The molecule has 0 radical (unpaired) electrons. The van der Waals surface area contributed by atoms with Gasteiger partial charge in [-0.3, -0.25) is 0 Å². The van der Waals surface area contributed by atoms with Crippen LogP contribution in [-0.4, -0.2) is 4.57 Å². The first kappa shape index (κ1) is 24.5. The van der Waals surface area contributed by atoms with E-state index in [9.17, 15) is 0 Å². The molecular weight excluding hydrogens is 508 g/mol. The molecule has 8 aromatic rings. The van der Waals surface area contributed by atoms with E-state index in [2.05, 4.69) is 168 Å². The fourth-order valence-electron chi connectivity index (χ4n) is 6.60. The molecule has 2 heteroatoms. The Balaban J connectivity index is 1.18. The third kappa shape index (κ3) is 3.88. The van der Waals surface area contributed by atoms with Gasteiger partial charge in [-0.15, -0.1) is 0 Å². The van der Waals surface area contributed by atoms with Crippen LogP contribution in [0.1, 0.15) is 18.1 Å². The highest BCUT2D eigenvalue weighted by Gasteiger charge is 2.16. The van der Waals surface area contributed by atoms with Crippen LogP contribution in [0.15, 0.2) is 140 Å². The van der Waals surface area contributed by atoms with E-state index in [-0.39, 0.29) is 0 Å². The van der Waals surface area contributed by atoms with Crippen LogP contribution < -0.4 is 4.90 Å².